The molecule has 0 unspecified atom stereocenters. The molecule has 1 aliphatic heterocycles. The Bertz CT molecular complexity index is 1190. The maximum Gasteiger partial charge on any atom is 0.271 e. The van der Waals surface area contributed by atoms with Crippen LogP contribution in [0.5, 0.6) is 5.75 Å². The molecule has 0 saturated heterocycles. The molecular weight excluding hydrogens is 442 g/mol. The lowest BCUT2D eigenvalue weighted by molar-refractivity contribution is -0.133. The van der Waals surface area contributed by atoms with Crippen LogP contribution < -0.4 is 10.1 Å². The first-order valence-corrected chi connectivity index (χ1v) is 12.5. The molecule has 1 fully saturated rings. The van der Waals surface area contributed by atoms with Gasteiger partial charge in [-0.25, -0.2) is 0 Å². The largest absolute Gasteiger partial charge is 0.491 e. The number of fused-ring (bicyclic) bond motifs is 1. The van der Waals surface area contributed by atoms with Crippen LogP contribution in [0.2, 0.25) is 0 Å². The number of ether oxygens (including phenoxy) is 1. The molecule has 1 N–H and O–H groups in total. The van der Waals surface area contributed by atoms with E-state index in [1.807, 2.05) is 73.9 Å². The van der Waals surface area contributed by atoms with Gasteiger partial charge in [0.1, 0.15) is 22.7 Å². The van der Waals surface area contributed by atoms with Crippen LogP contribution in [0.4, 0.5) is 0 Å². The molecule has 2 amide bonds. The summed E-state index contributed by atoms with van der Waals surface area (Å²) in [7, 11) is 0. The van der Waals surface area contributed by atoms with Crippen LogP contribution in [-0.2, 0) is 17.9 Å². The molecule has 1 aliphatic carbocycles. The first-order valence-electron chi connectivity index (χ1n) is 12.5. The highest BCUT2D eigenvalue weighted by molar-refractivity contribution is 6.00. The van der Waals surface area contributed by atoms with Gasteiger partial charge in [-0.3, -0.25) is 9.59 Å². The van der Waals surface area contributed by atoms with Crippen molar-refractivity contribution in [3.8, 4) is 17.2 Å². The standard InChI is InChI=1S/C28H33N3O4/c1-19(2)35-22-12-10-20(11-13-22)17-31-26(32)24-15-14-23(25-9-6-16-34-25)30(24)18-28(31,3)27(33)29-21-7-4-5-8-21/h6,9-16,19,21H,4-5,7-8,17-18H2,1-3H3,(H,29,33)/t28-/m1/s1. The van der Waals surface area contributed by atoms with Crippen molar-refractivity contribution in [3.63, 3.8) is 0 Å². The van der Waals surface area contributed by atoms with Crippen LogP contribution in [-0.4, -0.2) is 39.0 Å². The molecule has 1 atom stereocenters. The number of furan rings is 1. The van der Waals surface area contributed by atoms with Gasteiger partial charge in [0.2, 0.25) is 5.91 Å². The lowest BCUT2D eigenvalue weighted by atomic mass is 9.93. The monoisotopic (exact) mass is 475 g/mol. The second-order valence-corrected chi connectivity index (χ2v) is 10.1. The van der Waals surface area contributed by atoms with E-state index in [1.165, 1.54) is 0 Å². The van der Waals surface area contributed by atoms with Crippen LogP contribution in [0.25, 0.3) is 11.5 Å². The van der Waals surface area contributed by atoms with Gasteiger partial charge >= 0.3 is 0 Å². The van der Waals surface area contributed by atoms with Crippen molar-refractivity contribution >= 4 is 11.8 Å². The molecule has 2 aliphatic rings. The van der Waals surface area contributed by atoms with Gasteiger partial charge < -0.3 is 23.9 Å². The molecular formula is C28H33N3O4. The van der Waals surface area contributed by atoms with Gasteiger partial charge in [-0.05, 0) is 75.6 Å². The molecule has 5 rings (SSSR count). The van der Waals surface area contributed by atoms with Crippen molar-refractivity contribution in [1.29, 1.82) is 0 Å². The van der Waals surface area contributed by atoms with Gasteiger partial charge in [0.25, 0.3) is 5.91 Å². The van der Waals surface area contributed by atoms with E-state index in [2.05, 4.69) is 5.32 Å². The third-order valence-corrected chi connectivity index (χ3v) is 7.10. The lowest BCUT2D eigenvalue weighted by Crippen LogP contribution is -2.64. The van der Waals surface area contributed by atoms with E-state index in [0.717, 1.165) is 42.7 Å². The van der Waals surface area contributed by atoms with Gasteiger partial charge in [-0.1, -0.05) is 25.0 Å². The Morgan fingerprint density at radius 3 is 2.49 bits per heavy atom. The summed E-state index contributed by atoms with van der Waals surface area (Å²) in [5, 5.41) is 3.24. The third-order valence-electron chi connectivity index (χ3n) is 7.10. The predicted molar refractivity (Wildman–Crippen MR) is 133 cm³/mol. The summed E-state index contributed by atoms with van der Waals surface area (Å²) in [6.07, 6.45) is 5.92. The minimum Gasteiger partial charge on any atom is -0.491 e. The second kappa shape index (κ2) is 9.29. The maximum atomic E-state index is 13.8. The van der Waals surface area contributed by atoms with Gasteiger partial charge in [0, 0.05) is 12.6 Å². The Balaban J connectivity index is 1.49. The van der Waals surface area contributed by atoms with Crippen molar-refractivity contribution in [2.45, 2.75) is 77.2 Å². The van der Waals surface area contributed by atoms with Gasteiger partial charge in [-0.15, -0.1) is 0 Å². The van der Waals surface area contributed by atoms with E-state index in [4.69, 9.17) is 9.15 Å². The Morgan fingerprint density at radius 2 is 1.83 bits per heavy atom. The van der Waals surface area contributed by atoms with Gasteiger partial charge in [0.15, 0.2) is 0 Å². The highest BCUT2D eigenvalue weighted by atomic mass is 16.5. The minimum absolute atomic E-state index is 0.0863. The zero-order valence-corrected chi connectivity index (χ0v) is 20.6. The quantitative estimate of drug-likeness (QED) is 0.521. The second-order valence-electron chi connectivity index (χ2n) is 10.1. The van der Waals surface area contributed by atoms with E-state index in [0.29, 0.717) is 24.5 Å². The highest BCUT2D eigenvalue weighted by Crippen LogP contribution is 2.35. The smallest absolute Gasteiger partial charge is 0.271 e. The lowest BCUT2D eigenvalue weighted by Gasteiger charge is -2.44. The first kappa shape index (κ1) is 23.3. The van der Waals surface area contributed by atoms with E-state index in [-0.39, 0.29) is 24.0 Å². The Kier molecular flexibility index (Phi) is 6.17. The molecule has 0 radical (unpaired) electrons. The fourth-order valence-corrected chi connectivity index (χ4v) is 5.20. The molecule has 7 heteroatoms. The molecule has 3 heterocycles. The number of nitrogens with zero attached hydrogens (tertiary/aromatic N) is 2. The van der Waals surface area contributed by atoms with Crippen molar-refractivity contribution in [2.75, 3.05) is 0 Å². The highest BCUT2D eigenvalue weighted by Gasteiger charge is 2.48. The number of benzene rings is 1. The molecule has 0 spiro atoms. The summed E-state index contributed by atoms with van der Waals surface area (Å²) in [5.41, 5.74) is 1.25. The van der Waals surface area contributed by atoms with Crippen molar-refractivity contribution in [1.82, 2.24) is 14.8 Å². The fraction of sp³-hybridized carbons (Fsp3) is 0.429. The molecule has 0 bridgehead atoms. The summed E-state index contributed by atoms with van der Waals surface area (Å²) < 4.78 is 13.3. The number of hydrogen-bond donors (Lipinski definition) is 1. The third kappa shape index (κ3) is 4.47. The average molecular weight is 476 g/mol. The van der Waals surface area contributed by atoms with Crippen LogP contribution >= 0.6 is 0 Å². The summed E-state index contributed by atoms with van der Waals surface area (Å²) in [6, 6.07) is 15.3. The number of hydrogen-bond acceptors (Lipinski definition) is 4. The fourth-order valence-electron chi connectivity index (χ4n) is 5.20. The summed E-state index contributed by atoms with van der Waals surface area (Å²) >= 11 is 0. The molecule has 35 heavy (non-hydrogen) atoms. The normalized spacial score (nSPS) is 20.3. The van der Waals surface area contributed by atoms with Crippen LogP contribution in [0, 0.1) is 0 Å². The van der Waals surface area contributed by atoms with E-state index in [1.54, 1.807) is 11.2 Å². The summed E-state index contributed by atoms with van der Waals surface area (Å²) in [5.74, 6) is 1.19. The maximum absolute atomic E-state index is 13.8. The zero-order valence-electron chi connectivity index (χ0n) is 20.6. The SMILES string of the molecule is CC(C)Oc1ccc(CN2C(=O)c3ccc(-c4ccco4)n3C[C@]2(C)C(=O)NC2CCCC2)cc1. The summed E-state index contributed by atoms with van der Waals surface area (Å²) in [4.78, 5) is 29.3. The van der Waals surface area contributed by atoms with E-state index >= 15 is 0 Å². The predicted octanol–water partition coefficient (Wildman–Crippen LogP) is 5.01. The summed E-state index contributed by atoms with van der Waals surface area (Å²) in [6.45, 7) is 6.53. The Hall–Kier alpha value is -3.48. The zero-order chi connectivity index (χ0) is 24.6. The van der Waals surface area contributed by atoms with Crippen LogP contribution in [0.15, 0.2) is 59.2 Å². The van der Waals surface area contributed by atoms with Gasteiger partial charge in [0.05, 0.1) is 24.6 Å². The number of rotatable bonds is 7. The molecule has 7 nitrogen and oxygen atoms in total. The number of carbonyl (C=O) groups excluding carboxylic acids is 2. The van der Waals surface area contributed by atoms with Crippen molar-refractivity contribution < 1.29 is 18.7 Å². The minimum atomic E-state index is -1.06. The van der Waals surface area contributed by atoms with E-state index < -0.39 is 5.54 Å². The Morgan fingerprint density at radius 1 is 1.11 bits per heavy atom. The van der Waals surface area contributed by atoms with Gasteiger partial charge in [-0.2, -0.15) is 0 Å². The van der Waals surface area contributed by atoms with E-state index in [9.17, 15) is 9.59 Å². The molecule has 3 aromatic rings. The van der Waals surface area contributed by atoms with Crippen molar-refractivity contribution in [2.24, 2.45) is 0 Å². The Labute approximate surface area is 206 Å². The number of carbonyl (C=O) groups is 2. The average Bonchev–Trinajstić information content (AvgIpc) is 3.59. The number of aromatic nitrogens is 1. The molecule has 2 aromatic heterocycles. The van der Waals surface area contributed by atoms with Crippen molar-refractivity contribution in [3.05, 3.63) is 66.1 Å². The molecule has 1 aromatic carbocycles. The first-order chi connectivity index (χ1) is 16.8. The molecule has 184 valence electrons. The number of nitrogens with one attached hydrogen (secondary N) is 1. The molecule has 1 saturated carbocycles. The van der Waals surface area contributed by atoms with Crippen LogP contribution in [0.1, 0.15) is 62.5 Å². The van der Waals surface area contributed by atoms with Crippen LogP contribution in [0.3, 0.4) is 0 Å². The number of amides is 2. The topological polar surface area (TPSA) is 76.7 Å².